The van der Waals surface area contributed by atoms with E-state index < -0.39 is 0 Å². The molecule has 1 heterocycles. The first-order valence-corrected chi connectivity index (χ1v) is 9.49. The van der Waals surface area contributed by atoms with Gasteiger partial charge < -0.3 is 9.80 Å². The summed E-state index contributed by atoms with van der Waals surface area (Å²) in [7, 11) is 0. The molecule has 0 radical (unpaired) electrons. The van der Waals surface area contributed by atoms with Crippen LogP contribution in [0.5, 0.6) is 0 Å². The number of halogens is 1. The van der Waals surface area contributed by atoms with Crippen LogP contribution in [0.15, 0.2) is 54.6 Å². The monoisotopic (exact) mass is 385 g/mol. The molecule has 0 aliphatic carbocycles. The van der Waals surface area contributed by atoms with Gasteiger partial charge in [-0.1, -0.05) is 54.1 Å². The molecule has 142 valence electrons. The molecule has 1 atom stereocenters. The fourth-order valence-electron chi connectivity index (χ4n) is 3.33. The largest absolute Gasteiger partial charge is 0.339 e. The van der Waals surface area contributed by atoms with Gasteiger partial charge in [0.2, 0.25) is 11.8 Å². The minimum absolute atomic E-state index is 0.0427. The minimum atomic E-state index is -0.118. The lowest BCUT2D eigenvalue weighted by molar-refractivity contribution is -0.137. The Kier molecular flexibility index (Phi) is 6.48. The van der Waals surface area contributed by atoms with E-state index in [4.69, 9.17) is 11.6 Å². The molecule has 0 aromatic heterocycles. The lowest BCUT2D eigenvalue weighted by Crippen LogP contribution is -2.52. The number of nitrogens with zero attached hydrogens (tertiary/aromatic N) is 2. The van der Waals surface area contributed by atoms with Gasteiger partial charge in [0.1, 0.15) is 0 Å². The molecule has 1 aliphatic heterocycles. The summed E-state index contributed by atoms with van der Waals surface area (Å²) in [4.78, 5) is 27.7. The number of nitrogens with one attached hydrogen (secondary N) is 1. The number of piperazine rings is 1. The van der Waals surface area contributed by atoms with Gasteiger partial charge in [0, 0.05) is 38.1 Å². The van der Waals surface area contributed by atoms with Crippen molar-refractivity contribution >= 4 is 23.4 Å². The molecular formula is C21H24ClN3O2. The molecule has 2 amide bonds. The van der Waals surface area contributed by atoms with Crippen molar-refractivity contribution in [2.45, 2.75) is 13.0 Å². The molecule has 27 heavy (non-hydrogen) atoms. The average Bonchev–Trinajstić information content (AvgIpc) is 2.69. The maximum atomic E-state index is 12.6. The summed E-state index contributed by atoms with van der Waals surface area (Å²) < 4.78 is 0. The summed E-state index contributed by atoms with van der Waals surface area (Å²) in [5.41, 5.74) is 2.09. The van der Waals surface area contributed by atoms with Gasteiger partial charge in [0.05, 0.1) is 12.6 Å². The van der Waals surface area contributed by atoms with Crippen molar-refractivity contribution in [3.63, 3.8) is 0 Å². The van der Waals surface area contributed by atoms with Crippen molar-refractivity contribution in [2.75, 3.05) is 32.7 Å². The second-order valence-corrected chi connectivity index (χ2v) is 7.10. The Labute approximate surface area is 164 Å². The molecule has 6 heteroatoms. The molecule has 0 saturated carbocycles. The topological polar surface area (TPSA) is 52.7 Å². The molecule has 1 unspecified atom stereocenters. The van der Waals surface area contributed by atoms with E-state index in [1.165, 1.54) is 0 Å². The Hall–Kier alpha value is -2.37. The van der Waals surface area contributed by atoms with Gasteiger partial charge >= 0.3 is 0 Å². The normalized spacial score (nSPS) is 15.5. The zero-order chi connectivity index (χ0) is 19.2. The maximum Gasteiger partial charge on any atom is 0.236 e. The third-order valence-corrected chi connectivity index (χ3v) is 5.09. The Morgan fingerprint density at radius 1 is 0.963 bits per heavy atom. The zero-order valence-corrected chi connectivity index (χ0v) is 16.2. The highest BCUT2D eigenvalue weighted by Crippen LogP contribution is 2.24. The standard InChI is InChI=1S/C21H24ClN3O2/c1-16(26)24-10-12-25(13-11-24)20(27)15-23-21(17-6-3-2-4-7-17)18-8-5-9-19(22)14-18/h2-9,14,21,23H,10-13,15H2,1H3. The third-order valence-electron chi connectivity index (χ3n) is 4.85. The van der Waals surface area contributed by atoms with E-state index in [-0.39, 0.29) is 24.4 Å². The predicted molar refractivity (Wildman–Crippen MR) is 107 cm³/mol. The lowest BCUT2D eigenvalue weighted by Gasteiger charge is -2.34. The third kappa shape index (κ3) is 5.08. The van der Waals surface area contributed by atoms with E-state index in [1.807, 2.05) is 59.5 Å². The van der Waals surface area contributed by atoms with Gasteiger partial charge in [0.15, 0.2) is 0 Å². The molecule has 3 rings (SSSR count). The molecule has 0 spiro atoms. The molecule has 2 aromatic carbocycles. The minimum Gasteiger partial charge on any atom is -0.339 e. The Balaban J connectivity index is 1.67. The van der Waals surface area contributed by atoms with Crippen molar-refractivity contribution < 1.29 is 9.59 Å². The summed E-state index contributed by atoms with van der Waals surface area (Å²) in [5, 5.41) is 4.05. The summed E-state index contributed by atoms with van der Waals surface area (Å²) >= 11 is 6.16. The van der Waals surface area contributed by atoms with Crippen LogP contribution in [0.3, 0.4) is 0 Å². The van der Waals surface area contributed by atoms with Crippen molar-refractivity contribution in [1.29, 1.82) is 0 Å². The number of hydrogen-bond acceptors (Lipinski definition) is 3. The van der Waals surface area contributed by atoms with Crippen LogP contribution in [0.2, 0.25) is 5.02 Å². The molecule has 1 fully saturated rings. The molecular weight excluding hydrogens is 362 g/mol. The van der Waals surface area contributed by atoms with E-state index >= 15 is 0 Å². The summed E-state index contributed by atoms with van der Waals surface area (Å²) in [6.45, 7) is 4.14. The van der Waals surface area contributed by atoms with Crippen LogP contribution >= 0.6 is 11.6 Å². The zero-order valence-electron chi connectivity index (χ0n) is 15.4. The van der Waals surface area contributed by atoms with Gasteiger partial charge in [-0.05, 0) is 23.3 Å². The number of carbonyl (C=O) groups is 2. The molecule has 5 nitrogen and oxygen atoms in total. The predicted octanol–water partition coefficient (Wildman–Crippen LogP) is 2.71. The molecule has 0 bridgehead atoms. The van der Waals surface area contributed by atoms with Crippen LogP contribution in [0.1, 0.15) is 24.1 Å². The summed E-state index contributed by atoms with van der Waals surface area (Å²) in [6.07, 6.45) is 0. The van der Waals surface area contributed by atoms with E-state index in [2.05, 4.69) is 5.32 Å². The van der Waals surface area contributed by atoms with Crippen LogP contribution in [0, 0.1) is 0 Å². The van der Waals surface area contributed by atoms with Gasteiger partial charge in [-0.2, -0.15) is 0 Å². The SMILES string of the molecule is CC(=O)N1CCN(C(=O)CNC(c2ccccc2)c2cccc(Cl)c2)CC1. The van der Waals surface area contributed by atoms with Gasteiger partial charge in [-0.25, -0.2) is 0 Å². The molecule has 1 saturated heterocycles. The Bertz CT molecular complexity index is 789. The van der Waals surface area contributed by atoms with Crippen molar-refractivity contribution in [3.05, 3.63) is 70.7 Å². The number of benzene rings is 2. The van der Waals surface area contributed by atoms with Crippen LogP contribution in [0.4, 0.5) is 0 Å². The van der Waals surface area contributed by atoms with Crippen LogP contribution in [-0.4, -0.2) is 54.3 Å². The summed E-state index contributed by atoms with van der Waals surface area (Å²) in [6, 6.07) is 17.6. The van der Waals surface area contributed by atoms with Gasteiger partial charge in [0.25, 0.3) is 0 Å². The molecule has 1 aliphatic rings. The number of amides is 2. The van der Waals surface area contributed by atoms with Crippen molar-refractivity contribution in [2.24, 2.45) is 0 Å². The van der Waals surface area contributed by atoms with E-state index in [0.29, 0.717) is 31.2 Å². The van der Waals surface area contributed by atoms with Gasteiger partial charge in [-0.15, -0.1) is 0 Å². The van der Waals surface area contributed by atoms with E-state index in [9.17, 15) is 9.59 Å². The smallest absolute Gasteiger partial charge is 0.236 e. The first kappa shape index (κ1) is 19.4. The van der Waals surface area contributed by atoms with Crippen LogP contribution < -0.4 is 5.32 Å². The summed E-state index contributed by atoms with van der Waals surface area (Å²) in [5.74, 6) is 0.103. The quantitative estimate of drug-likeness (QED) is 0.861. The van der Waals surface area contributed by atoms with Gasteiger partial charge in [-0.3, -0.25) is 14.9 Å². The second-order valence-electron chi connectivity index (χ2n) is 6.67. The fraction of sp³-hybridized carbons (Fsp3) is 0.333. The van der Waals surface area contributed by atoms with E-state index in [0.717, 1.165) is 11.1 Å². The van der Waals surface area contributed by atoms with Crippen LogP contribution in [-0.2, 0) is 9.59 Å². The van der Waals surface area contributed by atoms with Crippen molar-refractivity contribution in [1.82, 2.24) is 15.1 Å². The highest BCUT2D eigenvalue weighted by atomic mass is 35.5. The second kappa shape index (κ2) is 9.02. The maximum absolute atomic E-state index is 12.6. The highest BCUT2D eigenvalue weighted by Gasteiger charge is 2.23. The molecule has 2 aromatic rings. The lowest BCUT2D eigenvalue weighted by atomic mass is 9.98. The molecule has 1 N–H and O–H groups in total. The highest BCUT2D eigenvalue weighted by molar-refractivity contribution is 6.30. The number of hydrogen-bond donors (Lipinski definition) is 1. The van der Waals surface area contributed by atoms with Crippen molar-refractivity contribution in [3.8, 4) is 0 Å². The number of carbonyl (C=O) groups excluding carboxylic acids is 2. The van der Waals surface area contributed by atoms with E-state index in [1.54, 1.807) is 11.8 Å². The first-order chi connectivity index (χ1) is 13.0. The fourth-order valence-corrected chi connectivity index (χ4v) is 3.53. The Morgan fingerprint density at radius 2 is 1.59 bits per heavy atom. The van der Waals surface area contributed by atoms with Crippen LogP contribution in [0.25, 0.3) is 0 Å². The Morgan fingerprint density at radius 3 is 2.22 bits per heavy atom. The first-order valence-electron chi connectivity index (χ1n) is 9.11. The average molecular weight is 386 g/mol. The number of rotatable bonds is 5.